The van der Waals surface area contributed by atoms with Gasteiger partial charge >= 0.3 is 14.8 Å². The summed E-state index contributed by atoms with van der Waals surface area (Å²) in [5, 5.41) is 13.1. The number of unbranched alkanes of at least 4 members (excludes halogenated alkanes) is 4. The molecule has 0 aliphatic heterocycles. The SMILES string of the molecule is CO[Si](CCCCCCCNCC(O[Si](C(C)C)(C(C)C)C(C)C)C(=O)O)(OC)OC. The van der Waals surface area contributed by atoms with Gasteiger partial charge in [0.15, 0.2) is 6.10 Å². The van der Waals surface area contributed by atoms with Crippen LogP contribution in [0, 0.1) is 0 Å². The fourth-order valence-electron chi connectivity index (χ4n) is 4.75. The number of hydrogen-bond donors (Lipinski definition) is 2. The Morgan fingerprint density at radius 3 is 1.68 bits per heavy atom. The highest BCUT2D eigenvalue weighted by Crippen LogP contribution is 2.42. The van der Waals surface area contributed by atoms with Crippen molar-refractivity contribution in [2.45, 2.75) is 102 Å². The van der Waals surface area contributed by atoms with Crippen LogP contribution in [0.4, 0.5) is 0 Å². The highest BCUT2D eigenvalue weighted by atomic mass is 28.4. The Hall–Kier alpha value is -0.296. The second-order valence-corrected chi connectivity index (χ2v) is 17.8. The van der Waals surface area contributed by atoms with Crippen LogP contribution in [-0.2, 0) is 22.5 Å². The molecule has 0 spiro atoms. The molecule has 0 radical (unpaired) electrons. The molecular weight excluding hydrogens is 430 g/mol. The molecule has 0 aromatic rings. The second-order valence-electron chi connectivity index (χ2n) is 9.28. The van der Waals surface area contributed by atoms with Crippen molar-refractivity contribution in [2.75, 3.05) is 34.4 Å². The van der Waals surface area contributed by atoms with Crippen LogP contribution in [0.3, 0.4) is 0 Å². The van der Waals surface area contributed by atoms with Gasteiger partial charge in [0.2, 0.25) is 8.32 Å². The number of hydrogen-bond acceptors (Lipinski definition) is 6. The van der Waals surface area contributed by atoms with Crippen molar-refractivity contribution in [3.63, 3.8) is 0 Å². The largest absolute Gasteiger partial charge is 0.500 e. The van der Waals surface area contributed by atoms with Crippen LogP contribution < -0.4 is 5.32 Å². The second kappa shape index (κ2) is 15.5. The Balaban J connectivity index is 4.36. The monoisotopic (exact) mass is 479 g/mol. The smallest absolute Gasteiger partial charge is 0.479 e. The molecule has 31 heavy (non-hydrogen) atoms. The van der Waals surface area contributed by atoms with E-state index in [4.69, 9.17) is 17.7 Å². The van der Waals surface area contributed by atoms with Gasteiger partial charge in [0.25, 0.3) is 0 Å². The molecule has 0 aliphatic rings. The highest BCUT2D eigenvalue weighted by Gasteiger charge is 2.47. The van der Waals surface area contributed by atoms with Gasteiger partial charge in [-0.1, -0.05) is 60.8 Å². The van der Waals surface area contributed by atoms with Crippen LogP contribution in [0.5, 0.6) is 0 Å². The third-order valence-electron chi connectivity index (χ3n) is 6.43. The minimum Gasteiger partial charge on any atom is -0.479 e. The van der Waals surface area contributed by atoms with Crippen molar-refractivity contribution >= 4 is 23.1 Å². The average molecular weight is 480 g/mol. The molecule has 1 unspecified atom stereocenters. The van der Waals surface area contributed by atoms with Gasteiger partial charge in [-0.05, 0) is 36.0 Å². The number of aliphatic carboxylic acids is 1. The summed E-state index contributed by atoms with van der Waals surface area (Å²) in [5.41, 5.74) is 1.10. The van der Waals surface area contributed by atoms with Crippen molar-refractivity contribution in [1.29, 1.82) is 0 Å². The molecule has 0 saturated carbocycles. The molecule has 2 N–H and O–H groups in total. The summed E-state index contributed by atoms with van der Waals surface area (Å²) >= 11 is 0. The number of nitrogens with one attached hydrogen (secondary N) is 1. The number of carboxylic acid groups (broad SMARTS) is 1. The highest BCUT2D eigenvalue weighted by molar-refractivity contribution is 6.77. The standard InChI is InChI=1S/C22H49NO6Si2/c1-18(2)31(19(3)4,20(5)6)29-21(22(24)25)17-23-15-13-11-10-12-14-16-30(26-7,27-8)28-9/h18-21,23H,10-17H2,1-9H3,(H,24,25). The fraction of sp³-hybridized carbons (Fsp3) is 0.955. The van der Waals surface area contributed by atoms with Gasteiger partial charge in [0, 0.05) is 33.9 Å². The first-order chi connectivity index (χ1) is 14.5. The van der Waals surface area contributed by atoms with Gasteiger partial charge in [0.05, 0.1) is 0 Å². The quantitative estimate of drug-likeness (QED) is 0.198. The topological polar surface area (TPSA) is 86.3 Å². The van der Waals surface area contributed by atoms with Crippen molar-refractivity contribution in [1.82, 2.24) is 5.32 Å². The summed E-state index contributed by atoms with van der Waals surface area (Å²) in [6.07, 6.45) is 4.61. The van der Waals surface area contributed by atoms with E-state index in [2.05, 4.69) is 46.9 Å². The van der Waals surface area contributed by atoms with Crippen molar-refractivity contribution in [3.05, 3.63) is 0 Å². The van der Waals surface area contributed by atoms with E-state index < -0.39 is 29.2 Å². The summed E-state index contributed by atoms with van der Waals surface area (Å²) in [4.78, 5) is 11.9. The Morgan fingerprint density at radius 2 is 1.26 bits per heavy atom. The Bertz CT molecular complexity index is 457. The number of rotatable bonds is 19. The summed E-state index contributed by atoms with van der Waals surface area (Å²) in [5.74, 6) is -0.867. The van der Waals surface area contributed by atoms with E-state index in [0.717, 1.165) is 44.7 Å². The van der Waals surface area contributed by atoms with E-state index in [1.54, 1.807) is 21.3 Å². The van der Waals surface area contributed by atoms with Crippen molar-refractivity contribution in [3.8, 4) is 0 Å². The molecule has 0 heterocycles. The van der Waals surface area contributed by atoms with Crippen molar-refractivity contribution < 1.29 is 27.6 Å². The molecule has 0 aliphatic carbocycles. The van der Waals surface area contributed by atoms with Crippen LogP contribution in [0.2, 0.25) is 22.7 Å². The van der Waals surface area contributed by atoms with Crippen LogP contribution >= 0.6 is 0 Å². The zero-order valence-corrected chi connectivity index (χ0v) is 23.5. The fourth-order valence-corrected chi connectivity index (χ4v) is 12.0. The Labute approximate surface area is 193 Å². The van der Waals surface area contributed by atoms with E-state index in [0.29, 0.717) is 23.2 Å². The van der Waals surface area contributed by atoms with E-state index in [-0.39, 0.29) is 0 Å². The molecule has 0 fully saturated rings. The first-order valence-corrected chi connectivity index (χ1v) is 15.9. The maximum absolute atomic E-state index is 11.9. The van der Waals surface area contributed by atoms with E-state index >= 15 is 0 Å². The number of carboxylic acids is 1. The lowest BCUT2D eigenvalue weighted by molar-refractivity contribution is -0.145. The summed E-state index contributed by atoms with van der Waals surface area (Å²) < 4.78 is 22.8. The Kier molecular flexibility index (Phi) is 15.4. The van der Waals surface area contributed by atoms with Gasteiger partial charge in [-0.3, -0.25) is 0 Å². The summed E-state index contributed by atoms with van der Waals surface area (Å²) in [6.45, 7) is 14.2. The molecule has 0 amide bonds. The molecule has 186 valence electrons. The Morgan fingerprint density at radius 1 is 0.806 bits per heavy atom. The van der Waals surface area contributed by atoms with Crippen LogP contribution in [0.1, 0.15) is 73.6 Å². The molecule has 0 rings (SSSR count). The van der Waals surface area contributed by atoms with E-state index in [1.807, 2.05) is 0 Å². The first kappa shape index (κ1) is 30.7. The predicted octanol–water partition coefficient (Wildman–Crippen LogP) is 5.05. The molecule has 0 aromatic heterocycles. The lowest BCUT2D eigenvalue weighted by atomic mass is 10.1. The maximum atomic E-state index is 11.9. The minimum absolute atomic E-state index is 0.361. The van der Waals surface area contributed by atoms with Crippen LogP contribution in [0.25, 0.3) is 0 Å². The van der Waals surface area contributed by atoms with Gasteiger partial charge in [-0.2, -0.15) is 0 Å². The molecule has 0 bridgehead atoms. The van der Waals surface area contributed by atoms with E-state index in [1.165, 1.54) is 0 Å². The predicted molar refractivity (Wildman–Crippen MR) is 131 cm³/mol. The lowest BCUT2D eigenvalue weighted by Gasteiger charge is -2.43. The van der Waals surface area contributed by atoms with E-state index in [9.17, 15) is 9.90 Å². The average Bonchev–Trinajstić information content (AvgIpc) is 2.71. The third kappa shape index (κ3) is 9.61. The lowest BCUT2D eigenvalue weighted by Crippen LogP contribution is -2.53. The summed E-state index contributed by atoms with van der Waals surface area (Å²) in [7, 11) is 0.281. The first-order valence-electron chi connectivity index (χ1n) is 11.8. The van der Waals surface area contributed by atoms with Gasteiger partial charge in [-0.25, -0.2) is 4.79 Å². The maximum Gasteiger partial charge on any atom is 0.500 e. The van der Waals surface area contributed by atoms with Gasteiger partial charge in [0.1, 0.15) is 0 Å². The molecule has 0 saturated heterocycles. The molecule has 7 nitrogen and oxygen atoms in total. The third-order valence-corrected chi connectivity index (χ3v) is 15.4. The molecule has 9 heteroatoms. The van der Waals surface area contributed by atoms with Gasteiger partial charge < -0.3 is 28.1 Å². The normalized spacial score (nSPS) is 14.1. The summed E-state index contributed by atoms with van der Waals surface area (Å²) in [6, 6.07) is 0.833. The minimum atomic E-state index is -2.44. The molecular formula is C22H49NO6Si2. The van der Waals surface area contributed by atoms with Gasteiger partial charge in [-0.15, -0.1) is 0 Å². The molecule has 1 atom stereocenters. The van der Waals surface area contributed by atoms with Crippen LogP contribution in [0.15, 0.2) is 0 Å². The zero-order chi connectivity index (χ0) is 24.1. The molecule has 0 aromatic carbocycles. The zero-order valence-electron chi connectivity index (χ0n) is 21.5. The van der Waals surface area contributed by atoms with Crippen molar-refractivity contribution in [2.24, 2.45) is 0 Å². The van der Waals surface area contributed by atoms with Crippen LogP contribution in [-0.4, -0.2) is 68.7 Å². The number of carbonyl (C=O) groups is 1.